The molecule has 0 aliphatic carbocycles. The molecule has 9 heteroatoms. The Labute approximate surface area is 191 Å². The van der Waals surface area contributed by atoms with E-state index in [9.17, 15) is 19.2 Å². The van der Waals surface area contributed by atoms with Crippen LogP contribution in [0.15, 0.2) is 57.8 Å². The summed E-state index contributed by atoms with van der Waals surface area (Å²) in [7, 11) is 0. The minimum absolute atomic E-state index is 0.0568. The Balaban J connectivity index is 1.87. The van der Waals surface area contributed by atoms with Crippen molar-refractivity contribution in [2.75, 3.05) is 0 Å². The summed E-state index contributed by atoms with van der Waals surface area (Å²) in [5.41, 5.74) is -1.44. The molecule has 1 aromatic heterocycles. The second-order valence-electron chi connectivity index (χ2n) is 7.61. The molecule has 0 saturated carbocycles. The topological polar surface area (TPSA) is 107 Å². The lowest BCUT2D eigenvalue weighted by Crippen LogP contribution is -2.58. The van der Waals surface area contributed by atoms with E-state index in [-0.39, 0.29) is 37.1 Å². The normalized spacial score (nSPS) is 18.8. The van der Waals surface area contributed by atoms with E-state index in [0.717, 1.165) is 14.6 Å². The predicted molar refractivity (Wildman–Crippen MR) is 120 cm³/mol. The highest BCUT2D eigenvalue weighted by Crippen LogP contribution is 2.30. The van der Waals surface area contributed by atoms with Crippen molar-refractivity contribution in [3.8, 4) is 0 Å². The van der Waals surface area contributed by atoms with Crippen LogP contribution in [0.2, 0.25) is 0 Å². The molecule has 1 saturated heterocycles. The molecule has 0 radical (unpaired) electrons. The molecule has 2 aromatic carbocycles. The Hall–Kier alpha value is -3.33. The number of nitrogens with one attached hydrogen (secondary N) is 1. The van der Waals surface area contributed by atoms with Crippen molar-refractivity contribution >= 4 is 44.6 Å². The third-order valence-corrected chi connectivity index (χ3v) is 6.00. The Morgan fingerprint density at radius 3 is 2.69 bits per heavy atom. The van der Waals surface area contributed by atoms with Crippen LogP contribution in [0.4, 0.5) is 0 Å². The average Bonchev–Trinajstić information content (AvgIpc) is 2.90. The fourth-order valence-corrected chi connectivity index (χ4v) is 4.32. The van der Waals surface area contributed by atoms with Gasteiger partial charge in [0.15, 0.2) is 0 Å². The molecule has 4 rings (SSSR count). The van der Waals surface area contributed by atoms with Crippen LogP contribution in [0.5, 0.6) is 0 Å². The molecule has 0 bridgehead atoms. The number of aryl methyl sites for hydroxylation is 1. The fraction of sp³-hybridized carbons (Fsp3) is 0.261. The van der Waals surface area contributed by atoms with Crippen LogP contribution in [0.1, 0.15) is 30.7 Å². The molecular weight excluding hydrogens is 478 g/mol. The van der Waals surface area contributed by atoms with Gasteiger partial charge < -0.3 is 4.74 Å². The van der Waals surface area contributed by atoms with Crippen LogP contribution < -0.4 is 10.9 Å². The number of ether oxygens (including phenoxy) is 1. The maximum absolute atomic E-state index is 13.5. The van der Waals surface area contributed by atoms with E-state index in [1.807, 2.05) is 6.07 Å². The number of hydrogen-bond acceptors (Lipinski definition) is 6. The zero-order chi connectivity index (χ0) is 22.9. The van der Waals surface area contributed by atoms with Gasteiger partial charge >= 0.3 is 5.97 Å². The smallest absolute Gasteiger partial charge is 0.342 e. The SMILES string of the molecule is Cc1nc2cc(Br)ccc2c(=O)n1C1(C(=O)OCc2ccccc2)CCCC(=O)NC1=O. The Morgan fingerprint density at radius 1 is 1.19 bits per heavy atom. The van der Waals surface area contributed by atoms with E-state index >= 15 is 0 Å². The highest BCUT2D eigenvalue weighted by atomic mass is 79.9. The molecule has 164 valence electrons. The van der Waals surface area contributed by atoms with E-state index in [2.05, 4.69) is 26.2 Å². The first-order chi connectivity index (χ1) is 15.3. The Morgan fingerprint density at radius 2 is 1.94 bits per heavy atom. The number of halogens is 1. The number of aromatic nitrogens is 2. The van der Waals surface area contributed by atoms with Gasteiger partial charge in [-0.2, -0.15) is 0 Å². The van der Waals surface area contributed by atoms with Crippen LogP contribution in [0.25, 0.3) is 10.9 Å². The molecule has 0 spiro atoms. The van der Waals surface area contributed by atoms with Crippen molar-refractivity contribution in [1.82, 2.24) is 14.9 Å². The lowest BCUT2D eigenvalue weighted by Gasteiger charge is -2.31. The number of carbonyl (C=O) groups is 3. The molecule has 1 aliphatic heterocycles. The summed E-state index contributed by atoms with van der Waals surface area (Å²) < 4.78 is 7.34. The molecular formula is C23H20BrN3O5. The maximum Gasteiger partial charge on any atom is 0.342 e. The summed E-state index contributed by atoms with van der Waals surface area (Å²) in [6.07, 6.45) is 0.214. The second kappa shape index (κ2) is 8.66. The third-order valence-electron chi connectivity index (χ3n) is 5.50. The first kappa shape index (κ1) is 21.9. The van der Waals surface area contributed by atoms with Crippen LogP contribution in [0.3, 0.4) is 0 Å². The molecule has 32 heavy (non-hydrogen) atoms. The first-order valence-corrected chi connectivity index (χ1v) is 10.9. The third kappa shape index (κ3) is 3.84. The van der Waals surface area contributed by atoms with Crippen molar-refractivity contribution < 1.29 is 19.1 Å². The van der Waals surface area contributed by atoms with Crippen molar-refractivity contribution in [3.63, 3.8) is 0 Å². The van der Waals surface area contributed by atoms with Crippen molar-refractivity contribution in [2.24, 2.45) is 0 Å². The largest absolute Gasteiger partial charge is 0.459 e. The predicted octanol–water partition coefficient (Wildman–Crippen LogP) is 2.73. The number of esters is 1. The number of fused-ring (bicyclic) bond motifs is 1. The Bertz CT molecular complexity index is 1290. The van der Waals surface area contributed by atoms with Crippen LogP contribution in [0, 0.1) is 6.92 Å². The standard InChI is InChI=1S/C23H20BrN3O5/c1-14-25-18-12-16(24)9-10-17(18)20(29)27(14)23(11-5-8-19(28)26-21(23)30)22(31)32-13-15-6-3-2-4-7-15/h2-4,6-7,9-10,12H,5,8,11,13H2,1H3,(H,26,28,30). The van der Waals surface area contributed by atoms with Gasteiger partial charge in [0.1, 0.15) is 12.4 Å². The van der Waals surface area contributed by atoms with Crippen LogP contribution in [-0.4, -0.2) is 27.3 Å². The molecule has 1 fully saturated rings. The molecule has 1 unspecified atom stereocenters. The lowest BCUT2D eigenvalue weighted by atomic mass is 9.91. The van der Waals surface area contributed by atoms with E-state index in [0.29, 0.717) is 5.52 Å². The molecule has 8 nitrogen and oxygen atoms in total. The zero-order valence-electron chi connectivity index (χ0n) is 17.3. The number of benzene rings is 2. The summed E-state index contributed by atoms with van der Waals surface area (Å²) in [6, 6.07) is 13.9. The van der Waals surface area contributed by atoms with Gasteiger partial charge in [0, 0.05) is 10.9 Å². The van der Waals surface area contributed by atoms with E-state index < -0.39 is 28.9 Å². The minimum atomic E-state index is -2.05. The average molecular weight is 498 g/mol. The van der Waals surface area contributed by atoms with Crippen molar-refractivity contribution in [3.05, 3.63) is 74.7 Å². The molecule has 2 amide bonds. The number of hydrogen-bond donors (Lipinski definition) is 1. The number of carbonyl (C=O) groups excluding carboxylic acids is 3. The molecule has 2 heterocycles. The van der Waals surface area contributed by atoms with Crippen molar-refractivity contribution in [1.29, 1.82) is 0 Å². The molecule has 1 N–H and O–H groups in total. The fourth-order valence-electron chi connectivity index (χ4n) is 3.97. The van der Waals surface area contributed by atoms with Gasteiger partial charge in [0.05, 0.1) is 10.9 Å². The van der Waals surface area contributed by atoms with Crippen LogP contribution >= 0.6 is 15.9 Å². The number of amides is 2. The summed E-state index contributed by atoms with van der Waals surface area (Å²) in [6.45, 7) is 1.47. The summed E-state index contributed by atoms with van der Waals surface area (Å²) in [5, 5.41) is 2.50. The van der Waals surface area contributed by atoms with Gasteiger partial charge in [-0.3, -0.25) is 24.3 Å². The van der Waals surface area contributed by atoms with E-state index in [4.69, 9.17) is 4.74 Å². The molecule has 1 atom stereocenters. The van der Waals surface area contributed by atoms with Gasteiger partial charge in [0.25, 0.3) is 11.5 Å². The highest BCUT2D eigenvalue weighted by Gasteiger charge is 2.52. The number of rotatable bonds is 4. The van der Waals surface area contributed by atoms with Gasteiger partial charge in [-0.1, -0.05) is 46.3 Å². The highest BCUT2D eigenvalue weighted by molar-refractivity contribution is 9.10. The van der Waals surface area contributed by atoms with Gasteiger partial charge in [-0.05, 0) is 43.5 Å². The second-order valence-corrected chi connectivity index (χ2v) is 8.53. The van der Waals surface area contributed by atoms with Crippen LogP contribution in [-0.2, 0) is 31.3 Å². The van der Waals surface area contributed by atoms with Gasteiger partial charge in [-0.25, -0.2) is 9.78 Å². The quantitative estimate of drug-likeness (QED) is 0.337. The summed E-state index contributed by atoms with van der Waals surface area (Å²) in [4.78, 5) is 56.8. The summed E-state index contributed by atoms with van der Waals surface area (Å²) >= 11 is 3.36. The van der Waals surface area contributed by atoms with E-state index in [1.54, 1.807) is 49.4 Å². The molecule has 1 aliphatic rings. The summed E-state index contributed by atoms with van der Waals surface area (Å²) in [5.74, 6) is -2.13. The van der Waals surface area contributed by atoms with Gasteiger partial charge in [0.2, 0.25) is 11.4 Å². The minimum Gasteiger partial charge on any atom is -0.459 e. The number of imide groups is 1. The van der Waals surface area contributed by atoms with Gasteiger partial charge in [-0.15, -0.1) is 0 Å². The Kier molecular flexibility index (Phi) is 5.92. The molecule has 3 aromatic rings. The van der Waals surface area contributed by atoms with E-state index in [1.165, 1.54) is 0 Å². The monoisotopic (exact) mass is 497 g/mol. The van der Waals surface area contributed by atoms with Crippen molar-refractivity contribution in [2.45, 2.75) is 38.3 Å². The zero-order valence-corrected chi connectivity index (χ0v) is 18.8. The lowest BCUT2D eigenvalue weighted by molar-refractivity contribution is -0.161. The first-order valence-electron chi connectivity index (χ1n) is 10.1. The maximum atomic E-state index is 13.5. The number of nitrogens with zero attached hydrogens (tertiary/aromatic N) is 2.